The number of hydrogen-bond donors (Lipinski definition) is 0. The number of para-hydroxylation sites is 1. The number of rotatable bonds is 6. The van der Waals surface area contributed by atoms with Crippen LogP contribution in [0.2, 0.25) is 0 Å². The predicted octanol–water partition coefficient (Wildman–Crippen LogP) is 2.82. The Labute approximate surface area is 170 Å². The number of sulfone groups is 1. The molecule has 1 fully saturated rings. The molecule has 28 heavy (non-hydrogen) atoms. The Morgan fingerprint density at radius 2 is 2.04 bits per heavy atom. The zero-order valence-electron chi connectivity index (χ0n) is 14.7. The monoisotopic (exact) mass is 435 g/mol. The number of nitrogens with zero attached hydrogens (tertiary/aromatic N) is 3. The van der Waals surface area contributed by atoms with Crippen molar-refractivity contribution in [2.24, 2.45) is 0 Å². The van der Waals surface area contributed by atoms with Gasteiger partial charge in [-0.25, -0.2) is 8.42 Å². The van der Waals surface area contributed by atoms with Crippen LogP contribution in [-0.4, -0.2) is 52.5 Å². The Bertz CT molecular complexity index is 1060. The van der Waals surface area contributed by atoms with Crippen LogP contribution in [0, 0.1) is 0 Å². The summed E-state index contributed by atoms with van der Waals surface area (Å²) in [5.74, 6) is 0.272. The van der Waals surface area contributed by atoms with Gasteiger partial charge in [-0.3, -0.25) is 9.36 Å². The van der Waals surface area contributed by atoms with Crippen molar-refractivity contribution in [3.63, 3.8) is 0 Å². The van der Waals surface area contributed by atoms with Gasteiger partial charge in [-0.1, -0.05) is 36.0 Å². The minimum atomic E-state index is -3.08. The molecule has 4 rings (SSSR count). The number of esters is 1. The maximum atomic E-state index is 12.2. The molecule has 1 saturated heterocycles. The lowest BCUT2D eigenvalue weighted by molar-refractivity contribution is -0.144. The molecule has 0 spiro atoms. The summed E-state index contributed by atoms with van der Waals surface area (Å²) in [5, 5.41) is 11.1. The Morgan fingerprint density at radius 1 is 1.21 bits per heavy atom. The fourth-order valence-electron chi connectivity index (χ4n) is 2.94. The number of thioether (sulfide) groups is 1. The molecule has 3 aromatic rings. The summed E-state index contributed by atoms with van der Waals surface area (Å²) in [5.41, 5.74) is 0.897. The smallest absolute Gasteiger partial charge is 0.316 e. The van der Waals surface area contributed by atoms with Gasteiger partial charge in [0, 0.05) is 5.69 Å². The molecule has 0 unspecified atom stereocenters. The van der Waals surface area contributed by atoms with Crippen molar-refractivity contribution in [1.82, 2.24) is 14.8 Å². The molecule has 7 nitrogen and oxygen atoms in total. The Kier molecular flexibility index (Phi) is 5.51. The average Bonchev–Trinajstić information content (AvgIpc) is 3.40. The molecule has 0 radical (unpaired) electrons. The first-order valence-electron chi connectivity index (χ1n) is 8.59. The van der Waals surface area contributed by atoms with Gasteiger partial charge in [0.2, 0.25) is 0 Å². The maximum absolute atomic E-state index is 12.2. The normalized spacial score (nSPS) is 18.2. The molecule has 0 aliphatic carbocycles. The van der Waals surface area contributed by atoms with Gasteiger partial charge >= 0.3 is 5.97 Å². The zero-order chi connectivity index (χ0) is 19.6. The molecular weight excluding hydrogens is 418 g/mol. The lowest BCUT2D eigenvalue weighted by Gasteiger charge is -2.11. The highest BCUT2D eigenvalue weighted by molar-refractivity contribution is 7.99. The van der Waals surface area contributed by atoms with Gasteiger partial charge in [-0.2, -0.15) is 0 Å². The summed E-state index contributed by atoms with van der Waals surface area (Å²) in [6.07, 6.45) is -0.187. The SMILES string of the molecule is O=C(CSc1nnc(-c2cccs2)n1-c1ccccc1)O[C@H]1CCS(=O)(=O)C1. The molecule has 1 aromatic carbocycles. The highest BCUT2D eigenvalue weighted by Crippen LogP contribution is 2.30. The van der Waals surface area contributed by atoms with Gasteiger partial charge < -0.3 is 4.74 Å². The van der Waals surface area contributed by atoms with Gasteiger partial charge in [0.25, 0.3) is 0 Å². The van der Waals surface area contributed by atoms with E-state index in [1.807, 2.05) is 52.4 Å². The zero-order valence-corrected chi connectivity index (χ0v) is 17.2. The van der Waals surface area contributed by atoms with Crippen LogP contribution in [0.5, 0.6) is 0 Å². The summed E-state index contributed by atoms with van der Waals surface area (Å²) in [7, 11) is -3.08. The minimum absolute atomic E-state index is 0.0337. The van der Waals surface area contributed by atoms with Crippen LogP contribution in [0.25, 0.3) is 16.4 Å². The van der Waals surface area contributed by atoms with Crippen molar-refractivity contribution < 1.29 is 17.9 Å². The molecule has 2 aromatic heterocycles. The van der Waals surface area contributed by atoms with Crippen molar-refractivity contribution in [3.05, 3.63) is 47.8 Å². The molecule has 0 amide bonds. The molecular formula is C18H17N3O4S3. The van der Waals surface area contributed by atoms with Crippen LogP contribution in [0.4, 0.5) is 0 Å². The molecule has 1 atom stereocenters. The van der Waals surface area contributed by atoms with Crippen LogP contribution in [-0.2, 0) is 19.4 Å². The van der Waals surface area contributed by atoms with Gasteiger partial charge in [-0.05, 0) is 30.0 Å². The van der Waals surface area contributed by atoms with Gasteiger partial charge in [0.1, 0.15) is 6.10 Å². The standard InChI is InChI=1S/C18H17N3O4S3/c22-16(25-14-8-10-28(23,24)12-14)11-27-18-20-19-17(15-7-4-9-26-15)21(18)13-5-2-1-3-6-13/h1-7,9,14H,8,10-12H2/t14-/m0/s1. The number of hydrogen-bond acceptors (Lipinski definition) is 8. The van der Waals surface area contributed by atoms with Gasteiger partial charge in [0.05, 0.1) is 22.1 Å². The first-order chi connectivity index (χ1) is 13.5. The predicted molar refractivity (Wildman–Crippen MR) is 109 cm³/mol. The third kappa shape index (κ3) is 4.29. The second-order valence-electron chi connectivity index (χ2n) is 6.26. The fraction of sp³-hybridized carbons (Fsp3) is 0.278. The van der Waals surface area contributed by atoms with Crippen molar-refractivity contribution in [3.8, 4) is 16.4 Å². The van der Waals surface area contributed by atoms with Crippen molar-refractivity contribution in [2.75, 3.05) is 17.3 Å². The topological polar surface area (TPSA) is 91.2 Å². The lowest BCUT2D eigenvalue weighted by Crippen LogP contribution is -2.20. The molecule has 146 valence electrons. The van der Waals surface area contributed by atoms with Gasteiger partial charge in [0.15, 0.2) is 20.8 Å². The van der Waals surface area contributed by atoms with Crippen LogP contribution < -0.4 is 0 Å². The van der Waals surface area contributed by atoms with E-state index in [1.54, 1.807) is 11.3 Å². The first kappa shape index (κ1) is 19.2. The highest BCUT2D eigenvalue weighted by Gasteiger charge is 2.30. The van der Waals surface area contributed by atoms with E-state index in [2.05, 4.69) is 10.2 Å². The second kappa shape index (κ2) is 8.06. The summed E-state index contributed by atoms with van der Waals surface area (Å²) >= 11 is 2.78. The highest BCUT2D eigenvalue weighted by atomic mass is 32.2. The number of benzene rings is 1. The summed E-state index contributed by atoms with van der Waals surface area (Å²) < 4.78 is 30.2. The molecule has 0 N–H and O–H groups in total. The van der Waals surface area contributed by atoms with Crippen molar-refractivity contribution in [2.45, 2.75) is 17.7 Å². The molecule has 3 heterocycles. The Morgan fingerprint density at radius 3 is 2.71 bits per heavy atom. The first-order valence-corrected chi connectivity index (χ1v) is 12.3. The van der Waals surface area contributed by atoms with E-state index in [9.17, 15) is 13.2 Å². The van der Waals surface area contributed by atoms with Crippen molar-refractivity contribution in [1.29, 1.82) is 0 Å². The van der Waals surface area contributed by atoms with E-state index in [4.69, 9.17) is 4.74 Å². The third-order valence-electron chi connectivity index (χ3n) is 4.20. The quantitative estimate of drug-likeness (QED) is 0.434. The number of aromatic nitrogens is 3. The average molecular weight is 436 g/mol. The molecule has 0 bridgehead atoms. The summed E-state index contributed by atoms with van der Waals surface area (Å²) in [4.78, 5) is 13.1. The van der Waals surface area contributed by atoms with Gasteiger partial charge in [-0.15, -0.1) is 21.5 Å². The van der Waals surface area contributed by atoms with E-state index in [-0.39, 0.29) is 17.3 Å². The van der Waals surface area contributed by atoms with E-state index >= 15 is 0 Å². The largest absolute Gasteiger partial charge is 0.461 e. The van der Waals surface area contributed by atoms with Crippen molar-refractivity contribution >= 4 is 38.9 Å². The molecule has 0 saturated carbocycles. The molecule has 10 heteroatoms. The van der Waals surface area contributed by atoms with Crippen LogP contribution in [0.1, 0.15) is 6.42 Å². The Hall–Kier alpha value is -2.17. The Balaban J connectivity index is 1.51. The third-order valence-corrected chi connectivity index (χ3v) is 7.70. The minimum Gasteiger partial charge on any atom is -0.461 e. The number of carbonyl (C=O) groups excluding carboxylic acids is 1. The van der Waals surface area contributed by atoms with E-state index in [0.29, 0.717) is 17.4 Å². The molecule has 1 aliphatic rings. The van der Waals surface area contributed by atoms with Crippen LogP contribution in [0.15, 0.2) is 53.0 Å². The maximum Gasteiger partial charge on any atom is 0.316 e. The second-order valence-corrected chi connectivity index (χ2v) is 10.4. The number of ether oxygens (including phenoxy) is 1. The van der Waals surface area contributed by atoms with Crippen LogP contribution >= 0.6 is 23.1 Å². The number of carbonyl (C=O) groups is 1. The summed E-state index contributed by atoms with van der Waals surface area (Å²) in [6, 6.07) is 13.6. The van der Waals surface area contributed by atoms with Crippen LogP contribution in [0.3, 0.4) is 0 Å². The molecule has 1 aliphatic heterocycles. The number of thiophene rings is 1. The summed E-state index contributed by atoms with van der Waals surface area (Å²) in [6.45, 7) is 0. The lowest BCUT2D eigenvalue weighted by atomic mass is 10.3. The van der Waals surface area contributed by atoms with E-state index in [0.717, 1.165) is 10.6 Å². The van der Waals surface area contributed by atoms with E-state index < -0.39 is 21.9 Å². The van der Waals surface area contributed by atoms with E-state index in [1.165, 1.54) is 11.8 Å². The fourth-order valence-corrected chi connectivity index (χ4v) is 5.96.